The average Bonchev–Trinajstić information content (AvgIpc) is 3.48. The standard InChI is InChI=1S/C24H17N3O6/c28-17-4-9-3-15(26-12(9)6-18(17)29)22-11-5-16(27-14(11)8-20(31)24(22)33)21-10-1-2-25-13(10)7-19(30)23(21)32/h1-8,25-33H. The number of benzene rings is 3. The molecule has 3 aromatic carbocycles. The van der Waals surface area contributed by atoms with Crippen LogP contribution in [0.1, 0.15) is 0 Å². The quantitative estimate of drug-likeness (QED) is 0.176. The number of phenolic OH excluding ortho intramolecular Hbond substituents is 6. The van der Waals surface area contributed by atoms with Gasteiger partial charge in [0, 0.05) is 46.1 Å². The van der Waals surface area contributed by atoms with E-state index in [1.54, 1.807) is 24.4 Å². The lowest BCUT2D eigenvalue weighted by Crippen LogP contribution is -1.82. The Labute approximate surface area is 184 Å². The van der Waals surface area contributed by atoms with Crippen molar-refractivity contribution in [2.75, 3.05) is 0 Å². The van der Waals surface area contributed by atoms with E-state index >= 15 is 0 Å². The topological polar surface area (TPSA) is 169 Å². The molecule has 6 aromatic rings. The number of aromatic nitrogens is 3. The zero-order valence-electron chi connectivity index (χ0n) is 16.8. The zero-order chi connectivity index (χ0) is 23.0. The summed E-state index contributed by atoms with van der Waals surface area (Å²) in [7, 11) is 0. The van der Waals surface area contributed by atoms with Crippen molar-refractivity contribution < 1.29 is 30.6 Å². The van der Waals surface area contributed by atoms with E-state index in [9.17, 15) is 30.6 Å². The van der Waals surface area contributed by atoms with Crippen LogP contribution < -0.4 is 0 Å². The molecular formula is C24H17N3O6. The van der Waals surface area contributed by atoms with Crippen LogP contribution in [0, 0.1) is 0 Å². The van der Waals surface area contributed by atoms with Crippen molar-refractivity contribution in [2.45, 2.75) is 0 Å². The molecule has 0 aliphatic rings. The van der Waals surface area contributed by atoms with Crippen LogP contribution in [0.2, 0.25) is 0 Å². The summed E-state index contributed by atoms with van der Waals surface area (Å²) < 4.78 is 0. The molecule has 0 bridgehead atoms. The lowest BCUT2D eigenvalue weighted by Gasteiger charge is -2.06. The van der Waals surface area contributed by atoms with Gasteiger partial charge in [-0.15, -0.1) is 0 Å². The van der Waals surface area contributed by atoms with Crippen LogP contribution in [-0.2, 0) is 0 Å². The summed E-state index contributed by atoms with van der Waals surface area (Å²) in [6.45, 7) is 0. The van der Waals surface area contributed by atoms with Gasteiger partial charge in [0.1, 0.15) is 0 Å². The highest BCUT2D eigenvalue weighted by atomic mass is 16.3. The molecule has 0 aliphatic heterocycles. The number of phenols is 6. The predicted octanol–water partition coefficient (Wildman–Crippen LogP) is 4.70. The lowest BCUT2D eigenvalue weighted by atomic mass is 10.0. The van der Waals surface area contributed by atoms with Gasteiger partial charge in [0.25, 0.3) is 0 Å². The molecule has 9 heteroatoms. The Bertz CT molecular complexity index is 1700. The van der Waals surface area contributed by atoms with Crippen molar-refractivity contribution in [3.05, 3.63) is 48.7 Å². The fourth-order valence-corrected chi connectivity index (χ4v) is 4.40. The summed E-state index contributed by atoms with van der Waals surface area (Å²) in [4.78, 5) is 9.23. The van der Waals surface area contributed by atoms with Crippen LogP contribution in [0.25, 0.3) is 55.2 Å². The average molecular weight is 443 g/mol. The van der Waals surface area contributed by atoms with Gasteiger partial charge in [-0.1, -0.05) is 0 Å². The molecule has 0 unspecified atom stereocenters. The maximum atomic E-state index is 10.7. The Hall–Kier alpha value is -4.92. The molecule has 9 N–H and O–H groups in total. The third-order valence-corrected chi connectivity index (χ3v) is 5.94. The van der Waals surface area contributed by atoms with Crippen molar-refractivity contribution in [2.24, 2.45) is 0 Å². The zero-order valence-corrected chi connectivity index (χ0v) is 16.8. The highest BCUT2D eigenvalue weighted by molar-refractivity contribution is 6.07. The van der Waals surface area contributed by atoms with Crippen molar-refractivity contribution in [1.29, 1.82) is 0 Å². The molecule has 9 nitrogen and oxygen atoms in total. The molecule has 0 radical (unpaired) electrons. The van der Waals surface area contributed by atoms with E-state index in [-0.39, 0.29) is 40.1 Å². The Morgan fingerprint density at radius 3 is 1.85 bits per heavy atom. The maximum Gasteiger partial charge on any atom is 0.167 e. The molecule has 0 aliphatic carbocycles. The number of rotatable bonds is 2. The van der Waals surface area contributed by atoms with Gasteiger partial charge in [0.05, 0.1) is 33.5 Å². The highest BCUT2D eigenvalue weighted by Gasteiger charge is 2.22. The summed E-state index contributed by atoms with van der Waals surface area (Å²) in [5, 5.41) is 63.3. The first kappa shape index (κ1) is 18.8. The molecule has 164 valence electrons. The molecule has 0 saturated heterocycles. The number of H-pyrrole nitrogens is 3. The van der Waals surface area contributed by atoms with Gasteiger partial charge in [-0.05, 0) is 24.3 Å². The first-order valence-corrected chi connectivity index (χ1v) is 9.97. The monoisotopic (exact) mass is 443 g/mol. The molecule has 0 spiro atoms. The van der Waals surface area contributed by atoms with Crippen molar-refractivity contribution in [3.8, 4) is 57.0 Å². The summed E-state index contributed by atoms with van der Waals surface area (Å²) >= 11 is 0. The molecule has 0 saturated carbocycles. The molecule has 0 amide bonds. The SMILES string of the molecule is Oc1cc2cc(-c3c(O)c(O)cc4[nH]c(-c5c(O)c(O)cc6[nH]ccc56)cc34)[nH]c2cc1O. The van der Waals surface area contributed by atoms with Gasteiger partial charge in [-0.2, -0.15) is 0 Å². The van der Waals surface area contributed by atoms with Gasteiger partial charge in [-0.25, -0.2) is 0 Å². The van der Waals surface area contributed by atoms with E-state index < -0.39 is 0 Å². The lowest BCUT2D eigenvalue weighted by molar-refractivity contribution is 0.405. The smallest absolute Gasteiger partial charge is 0.167 e. The molecule has 0 fully saturated rings. The van der Waals surface area contributed by atoms with Crippen molar-refractivity contribution in [1.82, 2.24) is 15.0 Å². The fraction of sp³-hybridized carbons (Fsp3) is 0. The number of aromatic hydroxyl groups is 6. The second-order valence-electron chi connectivity index (χ2n) is 7.93. The van der Waals surface area contributed by atoms with Crippen molar-refractivity contribution >= 4 is 32.7 Å². The van der Waals surface area contributed by atoms with Crippen LogP contribution in [-0.4, -0.2) is 45.6 Å². The third kappa shape index (κ3) is 2.59. The van der Waals surface area contributed by atoms with Crippen LogP contribution in [0.15, 0.2) is 48.7 Å². The summed E-state index contributed by atoms with van der Waals surface area (Å²) in [6.07, 6.45) is 1.69. The maximum absolute atomic E-state index is 10.7. The molecule has 33 heavy (non-hydrogen) atoms. The predicted molar refractivity (Wildman–Crippen MR) is 123 cm³/mol. The van der Waals surface area contributed by atoms with Gasteiger partial charge in [0.2, 0.25) is 0 Å². The Morgan fingerprint density at radius 1 is 0.515 bits per heavy atom. The summed E-state index contributed by atoms with van der Waals surface area (Å²) in [5.41, 5.74) is 3.16. The second kappa shape index (κ2) is 6.30. The van der Waals surface area contributed by atoms with Crippen LogP contribution in [0.5, 0.6) is 34.5 Å². The Morgan fingerprint density at radius 2 is 1.09 bits per heavy atom. The van der Waals surface area contributed by atoms with E-state index in [1.807, 2.05) is 0 Å². The molecule has 3 heterocycles. The van der Waals surface area contributed by atoms with Gasteiger partial charge < -0.3 is 45.6 Å². The third-order valence-electron chi connectivity index (χ3n) is 5.94. The molecule has 6 rings (SSSR count). The Balaban J connectivity index is 1.65. The highest BCUT2D eigenvalue weighted by Crippen LogP contribution is 2.47. The van der Waals surface area contributed by atoms with E-state index in [1.165, 1.54) is 24.3 Å². The minimum Gasteiger partial charge on any atom is -0.504 e. The van der Waals surface area contributed by atoms with Gasteiger partial charge in [-0.3, -0.25) is 0 Å². The first-order chi connectivity index (χ1) is 15.8. The molecule has 3 aromatic heterocycles. The normalized spacial score (nSPS) is 11.8. The van der Waals surface area contributed by atoms with Gasteiger partial charge in [0.15, 0.2) is 34.5 Å². The van der Waals surface area contributed by atoms with E-state index in [2.05, 4.69) is 15.0 Å². The summed E-state index contributed by atoms with van der Waals surface area (Å²) in [5.74, 6) is -1.89. The van der Waals surface area contributed by atoms with Crippen molar-refractivity contribution in [3.63, 3.8) is 0 Å². The fourth-order valence-electron chi connectivity index (χ4n) is 4.40. The van der Waals surface area contributed by atoms with E-state index in [0.29, 0.717) is 49.7 Å². The summed E-state index contributed by atoms with van der Waals surface area (Å²) in [6, 6.07) is 10.7. The van der Waals surface area contributed by atoms with Gasteiger partial charge >= 0.3 is 0 Å². The number of hydrogen-bond donors (Lipinski definition) is 9. The number of hydrogen-bond acceptors (Lipinski definition) is 6. The van der Waals surface area contributed by atoms with E-state index in [0.717, 1.165) is 0 Å². The number of aromatic amines is 3. The van der Waals surface area contributed by atoms with E-state index in [4.69, 9.17) is 0 Å². The van der Waals surface area contributed by atoms with Crippen LogP contribution >= 0.6 is 0 Å². The Kier molecular flexibility index (Phi) is 3.59. The minimum absolute atomic E-state index is 0.280. The largest absolute Gasteiger partial charge is 0.504 e. The number of nitrogens with one attached hydrogen (secondary N) is 3. The van der Waals surface area contributed by atoms with Crippen LogP contribution in [0.3, 0.4) is 0 Å². The number of fused-ring (bicyclic) bond motifs is 3. The first-order valence-electron chi connectivity index (χ1n) is 9.97. The second-order valence-corrected chi connectivity index (χ2v) is 7.93. The molecule has 0 atom stereocenters. The minimum atomic E-state index is -0.361. The molecular weight excluding hydrogens is 426 g/mol. The van der Waals surface area contributed by atoms with Crippen LogP contribution in [0.4, 0.5) is 0 Å².